The molecule has 6 heteroatoms. The van der Waals surface area contributed by atoms with Crippen LogP contribution in [0.5, 0.6) is 0 Å². The highest BCUT2D eigenvalue weighted by atomic mass is 35.5. The maximum atomic E-state index is 11.3. The van der Waals surface area contributed by atoms with E-state index in [9.17, 15) is 8.42 Å². The molecular weight excluding hydrogens is 281 g/mol. The first-order chi connectivity index (χ1) is 7.96. The summed E-state index contributed by atoms with van der Waals surface area (Å²) in [6.07, 6.45) is 1.28. The highest BCUT2D eigenvalue weighted by Crippen LogP contribution is 2.26. The summed E-state index contributed by atoms with van der Waals surface area (Å²) < 4.78 is 22.6. The maximum absolute atomic E-state index is 11.3. The number of hydrogen-bond acceptors (Lipinski definition) is 3. The molecule has 94 valence electrons. The van der Waals surface area contributed by atoms with Crippen LogP contribution in [0.25, 0.3) is 0 Å². The molecule has 3 nitrogen and oxygen atoms in total. The van der Waals surface area contributed by atoms with Gasteiger partial charge in [-0.25, -0.2) is 8.42 Å². The van der Waals surface area contributed by atoms with Crippen molar-refractivity contribution in [3.05, 3.63) is 28.2 Å². The molecule has 0 spiro atoms. The summed E-state index contributed by atoms with van der Waals surface area (Å²) >= 11 is 11.7. The molecular formula is C11H13Cl2NO2S. The molecule has 1 aromatic rings. The van der Waals surface area contributed by atoms with Crippen molar-refractivity contribution in [1.29, 1.82) is 0 Å². The number of nitrogens with one attached hydrogen (secondary N) is 1. The van der Waals surface area contributed by atoms with Gasteiger partial charge in [-0.3, -0.25) is 0 Å². The summed E-state index contributed by atoms with van der Waals surface area (Å²) in [6, 6.07) is 5.52. The molecule has 0 aromatic heterocycles. The molecule has 1 N–H and O–H groups in total. The molecule has 1 saturated heterocycles. The van der Waals surface area contributed by atoms with Gasteiger partial charge in [0, 0.05) is 11.7 Å². The predicted octanol–water partition coefficient (Wildman–Crippen LogP) is 2.98. The van der Waals surface area contributed by atoms with Crippen molar-refractivity contribution in [1.82, 2.24) is 0 Å². The molecule has 17 heavy (non-hydrogen) atoms. The minimum absolute atomic E-state index is 0.191. The lowest BCUT2D eigenvalue weighted by molar-refractivity contribution is 0.559. The molecule has 1 aromatic carbocycles. The van der Waals surface area contributed by atoms with E-state index in [4.69, 9.17) is 23.2 Å². The van der Waals surface area contributed by atoms with E-state index >= 15 is 0 Å². The van der Waals surface area contributed by atoms with Gasteiger partial charge in [-0.2, -0.15) is 0 Å². The second kappa shape index (κ2) is 5.04. The Morgan fingerprint density at radius 1 is 1.12 bits per heavy atom. The van der Waals surface area contributed by atoms with Crippen LogP contribution in [0.3, 0.4) is 0 Å². The van der Waals surface area contributed by atoms with Crippen LogP contribution < -0.4 is 5.32 Å². The van der Waals surface area contributed by atoms with Crippen molar-refractivity contribution < 1.29 is 8.42 Å². The van der Waals surface area contributed by atoms with Crippen molar-refractivity contribution in [2.45, 2.75) is 18.9 Å². The minimum atomic E-state index is -2.81. The Kier molecular flexibility index (Phi) is 3.85. The average molecular weight is 294 g/mol. The van der Waals surface area contributed by atoms with Gasteiger partial charge in [0.2, 0.25) is 0 Å². The summed E-state index contributed by atoms with van der Waals surface area (Å²) in [5.74, 6) is 0.512. The van der Waals surface area contributed by atoms with Gasteiger partial charge >= 0.3 is 0 Å². The zero-order chi connectivity index (χ0) is 12.5. The molecule has 0 bridgehead atoms. The van der Waals surface area contributed by atoms with Gasteiger partial charge in [-0.15, -0.1) is 0 Å². The molecule has 0 aliphatic carbocycles. The Balaban J connectivity index is 2.00. The van der Waals surface area contributed by atoms with E-state index in [1.807, 2.05) is 6.07 Å². The van der Waals surface area contributed by atoms with Gasteiger partial charge in [0.05, 0.1) is 21.6 Å². The highest BCUT2D eigenvalue weighted by Gasteiger charge is 2.23. The fraction of sp³-hybridized carbons (Fsp3) is 0.455. The number of benzene rings is 1. The van der Waals surface area contributed by atoms with Gasteiger partial charge in [0.15, 0.2) is 0 Å². The Bertz CT molecular complexity index is 502. The van der Waals surface area contributed by atoms with Crippen LogP contribution >= 0.6 is 23.2 Å². The third kappa shape index (κ3) is 3.50. The number of hydrogen-bond donors (Lipinski definition) is 1. The summed E-state index contributed by atoms with van der Waals surface area (Å²) in [7, 11) is -2.81. The monoisotopic (exact) mass is 293 g/mol. The molecule has 2 rings (SSSR count). The predicted molar refractivity (Wildman–Crippen MR) is 71.8 cm³/mol. The van der Waals surface area contributed by atoms with Gasteiger partial charge in [0.1, 0.15) is 9.84 Å². The molecule has 1 aliphatic heterocycles. The maximum Gasteiger partial charge on any atom is 0.150 e. The molecule has 0 atom stereocenters. The minimum Gasteiger partial charge on any atom is -0.382 e. The van der Waals surface area contributed by atoms with E-state index in [0.717, 1.165) is 5.69 Å². The number of anilines is 1. The van der Waals surface area contributed by atoms with Crippen LogP contribution in [-0.4, -0.2) is 26.0 Å². The van der Waals surface area contributed by atoms with E-state index in [2.05, 4.69) is 5.32 Å². The lowest BCUT2D eigenvalue weighted by Crippen LogP contribution is -2.32. The van der Waals surface area contributed by atoms with Crippen molar-refractivity contribution >= 4 is 38.7 Å². The van der Waals surface area contributed by atoms with E-state index < -0.39 is 9.84 Å². The third-order valence-corrected chi connectivity index (χ3v) is 5.30. The van der Waals surface area contributed by atoms with Crippen molar-refractivity contribution in [2.24, 2.45) is 0 Å². The lowest BCUT2D eigenvalue weighted by atomic mass is 10.1. The Hall–Kier alpha value is -0.450. The quantitative estimate of drug-likeness (QED) is 0.912. The molecule has 0 unspecified atom stereocenters. The first-order valence-electron chi connectivity index (χ1n) is 5.38. The van der Waals surface area contributed by atoms with Gasteiger partial charge in [-0.1, -0.05) is 23.2 Å². The largest absolute Gasteiger partial charge is 0.382 e. The number of sulfone groups is 1. The van der Waals surface area contributed by atoms with Crippen LogP contribution in [0.2, 0.25) is 10.0 Å². The van der Waals surface area contributed by atoms with E-state index in [-0.39, 0.29) is 17.5 Å². The lowest BCUT2D eigenvalue weighted by Gasteiger charge is -2.24. The van der Waals surface area contributed by atoms with Crippen LogP contribution in [0.1, 0.15) is 12.8 Å². The number of rotatable bonds is 2. The zero-order valence-corrected chi connectivity index (χ0v) is 11.4. The summed E-state index contributed by atoms with van der Waals surface area (Å²) in [6.45, 7) is 0. The van der Waals surface area contributed by atoms with E-state index in [1.165, 1.54) is 0 Å². The highest BCUT2D eigenvalue weighted by molar-refractivity contribution is 7.91. The Morgan fingerprint density at radius 2 is 1.76 bits per heavy atom. The average Bonchev–Trinajstić information content (AvgIpc) is 2.27. The molecule has 0 amide bonds. The van der Waals surface area contributed by atoms with Crippen LogP contribution in [-0.2, 0) is 9.84 Å². The Morgan fingerprint density at radius 3 is 2.35 bits per heavy atom. The second-order valence-electron chi connectivity index (χ2n) is 4.20. The topological polar surface area (TPSA) is 46.2 Å². The van der Waals surface area contributed by atoms with E-state index in [1.54, 1.807) is 12.1 Å². The SMILES string of the molecule is O=S1(=O)CCC(Nc2ccc(Cl)c(Cl)c2)CC1. The molecule has 0 radical (unpaired) electrons. The standard InChI is InChI=1S/C11H13Cl2NO2S/c12-10-2-1-9(7-11(10)13)14-8-3-5-17(15,16)6-4-8/h1-2,7-8,14H,3-6H2. The van der Waals surface area contributed by atoms with Crippen LogP contribution in [0.4, 0.5) is 5.69 Å². The fourth-order valence-electron chi connectivity index (χ4n) is 1.86. The van der Waals surface area contributed by atoms with E-state index in [0.29, 0.717) is 22.9 Å². The smallest absolute Gasteiger partial charge is 0.150 e. The van der Waals surface area contributed by atoms with Crippen LogP contribution in [0.15, 0.2) is 18.2 Å². The molecule has 0 saturated carbocycles. The first-order valence-corrected chi connectivity index (χ1v) is 7.96. The molecule has 1 aliphatic rings. The molecule has 1 heterocycles. The summed E-state index contributed by atoms with van der Waals surface area (Å²) in [5.41, 5.74) is 0.878. The van der Waals surface area contributed by atoms with Gasteiger partial charge < -0.3 is 5.32 Å². The second-order valence-corrected chi connectivity index (χ2v) is 7.32. The Labute approximate surface area is 111 Å². The number of halogens is 2. The summed E-state index contributed by atoms with van der Waals surface area (Å²) in [5, 5.41) is 4.30. The van der Waals surface area contributed by atoms with Crippen molar-refractivity contribution in [3.8, 4) is 0 Å². The third-order valence-electron chi connectivity index (χ3n) is 2.85. The van der Waals surface area contributed by atoms with Crippen molar-refractivity contribution in [3.63, 3.8) is 0 Å². The van der Waals surface area contributed by atoms with Crippen molar-refractivity contribution in [2.75, 3.05) is 16.8 Å². The van der Waals surface area contributed by atoms with Gasteiger partial charge in [-0.05, 0) is 31.0 Å². The molecule has 1 fully saturated rings. The summed E-state index contributed by atoms with van der Waals surface area (Å²) in [4.78, 5) is 0. The normalized spacial score (nSPS) is 20.1. The fourth-order valence-corrected chi connectivity index (χ4v) is 3.65. The zero-order valence-electron chi connectivity index (χ0n) is 9.12. The van der Waals surface area contributed by atoms with Crippen LogP contribution in [0, 0.1) is 0 Å². The van der Waals surface area contributed by atoms with Gasteiger partial charge in [0.25, 0.3) is 0 Å². The first kappa shape index (κ1) is 13.0.